The van der Waals surface area contributed by atoms with Crippen LogP contribution in [0, 0.1) is 6.92 Å². The fourth-order valence-electron chi connectivity index (χ4n) is 4.01. The van der Waals surface area contributed by atoms with Crippen molar-refractivity contribution >= 4 is 22.7 Å². The Kier molecular flexibility index (Phi) is 5.96. The molecule has 1 aliphatic rings. The van der Waals surface area contributed by atoms with Crippen molar-refractivity contribution < 1.29 is 23.5 Å². The lowest BCUT2D eigenvalue weighted by Gasteiger charge is -2.34. The van der Waals surface area contributed by atoms with Crippen LogP contribution in [0.5, 0.6) is 11.5 Å². The number of amides is 1. The van der Waals surface area contributed by atoms with E-state index in [0.717, 1.165) is 24.2 Å². The standard InChI is InChI=1S/C26H29NO5/c1-5-13-30-18-9-7-17(8-10-18)15-27-25(29)24-16(3)22-20(31-24)11-12-21-23(22)19(28)14-26(4,6-2)32-21/h7-12H,5-6,13-15H2,1-4H3,(H,27,29). The number of hydrogen-bond donors (Lipinski definition) is 1. The molecule has 1 unspecified atom stereocenters. The van der Waals surface area contributed by atoms with Crippen molar-refractivity contribution in [1.82, 2.24) is 5.32 Å². The lowest BCUT2D eigenvalue weighted by Crippen LogP contribution is -2.38. The third-order valence-corrected chi connectivity index (χ3v) is 6.03. The number of ketones is 1. The van der Waals surface area contributed by atoms with Gasteiger partial charge in [0.25, 0.3) is 5.91 Å². The maximum Gasteiger partial charge on any atom is 0.287 e. The van der Waals surface area contributed by atoms with Gasteiger partial charge in [-0.3, -0.25) is 9.59 Å². The van der Waals surface area contributed by atoms with E-state index in [4.69, 9.17) is 13.9 Å². The first kappa shape index (κ1) is 21.9. The summed E-state index contributed by atoms with van der Waals surface area (Å²) in [7, 11) is 0. The quantitative estimate of drug-likeness (QED) is 0.523. The Morgan fingerprint density at radius 1 is 1.16 bits per heavy atom. The summed E-state index contributed by atoms with van der Waals surface area (Å²) >= 11 is 0. The molecular formula is C26H29NO5. The highest BCUT2D eigenvalue weighted by Gasteiger charge is 2.37. The molecule has 1 N–H and O–H groups in total. The van der Waals surface area contributed by atoms with Gasteiger partial charge >= 0.3 is 0 Å². The molecular weight excluding hydrogens is 406 g/mol. The molecule has 2 heterocycles. The molecule has 0 saturated carbocycles. The average molecular weight is 436 g/mol. The monoisotopic (exact) mass is 435 g/mol. The van der Waals surface area contributed by atoms with Crippen LogP contribution in [0.1, 0.15) is 72.1 Å². The molecule has 168 valence electrons. The first-order valence-corrected chi connectivity index (χ1v) is 11.1. The first-order chi connectivity index (χ1) is 15.3. The number of furan rings is 1. The predicted molar refractivity (Wildman–Crippen MR) is 123 cm³/mol. The third kappa shape index (κ3) is 4.09. The second-order valence-electron chi connectivity index (χ2n) is 8.55. The summed E-state index contributed by atoms with van der Waals surface area (Å²) in [4.78, 5) is 25.8. The lowest BCUT2D eigenvalue weighted by atomic mass is 9.87. The number of aryl methyl sites for hydroxylation is 1. The predicted octanol–water partition coefficient (Wildman–Crippen LogP) is 5.59. The van der Waals surface area contributed by atoms with Gasteiger partial charge in [-0.1, -0.05) is 26.0 Å². The van der Waals surface area contributed by atoms with E-state index in [0.29, 0.717) is 47.4 Å². The molecule has 1 aromatic heterocycles. The van der Waals surface area contributed by atoms with E-state index in [-0.39, 0.29) is 17.5 Å². The fourth-order valence-corrected chi connectivity index (χ4v) is 4.01. The van der Waals surface area contributed by atoms with Crippen molar-refractivity contribution in [3.8, 4) is 11.5 Å². The molecule has 1 amide bonds. The number of hydrogen-bond acceptors (Lipinski definition) is 5. The molecule has 6 nitrogen and oxygen atoms in total. The highest BCUT2D eigenvalue weighted by atomic mass is 16.5. The second-order valence-corrected chi connectivity index (χ2v) is 8.55. The molecule has 2 aromatic carbocycles. The molecule has 0 saturated heterocycles. The van der Waals surface area contributed by atoms with E-state index >= 15 is 0 Å². The Morgan fingerprint density at radius 3 is 2.59 bits per heavy atom. The number of benzene rings is 2. The van der Waals surface area contributed by atoms with Gasteiger partial charge in [0.15, 0.2) is 11.5 Å². The van der Waals surface area contributed by atoms with Gasteiger partial charge < -0.3 is 19.2 Å². The largest absolute Gasteiger partial charge is 0.494 e. The number of fused-ring (bicyclic) bond motifs is 3. The van der Waals surface area contributed by atoms with Gasteiger partial charge in [0.05, 0.1) is 18.6 Å². The molecule has 0 bridgehead atoms. The number of ether oxygens (including phenoxy) is 2. The van der Waals surface area contributed by atoms with Gasteiger partial charge in [-0.05, 0) is 56.5 Å². The summed E-state index contributed by atoms with van der Waals surface area (Å²) in [5.41, 5.74) is 2.12. The zero-order chi connectivity index (χ0) is 22.9. The Balaban J connectivity index is 1.55. The second kappa shape index (κ2) is 8.69. The van der Waals surface area contributed by atoms with Crippen molar-refractivity contribution in [2.24, 2.45) is 0 Å². The maximum atomic E-state index is 13.0. The summed E-state index contributed by atoms with van der Waals surface area (Å²) in [6.07, 6.45) is 1.99. The van der Waals surface area contributed by atoms with Crippen LogP contribution in [0.15, 0.2) is 40.8 Å². The molecule has 3 aromatic rings. The van der Waals surface area contributed by atoms with Gasteiger partial charge in [-0.25, -0.2) is 0 Å². The highest BCUT2D eigenvalue weighted by molar-refractivity contribution is 6.13. The third-order valence-electron chi connectivity index (χ3n) is 6.03. The van der Waals surface area contributed by atoms with Crippen molar-refractivity contribution in [2.75, 3.05) is 6.61 Å². The topological polar surface area (TPSA) is 77.8 Å². The number of Topliss-reactive ketones (excluding diaryl/α,β-unsaturated/α-hetero) is 1. The molecule has 1 atom stereocenters. The summed E-state index contributed by atoms with van der Waals surface area (Å²) in [5, 5.41) is 3.56. The van der Waals surface area contributed by atoms with E-state index in [9.17, 15) is 9.59 Å². The van der Waals surface area contributed by atoms with Crippen LogP contribution in [-0.4, -0.2) is 23.9 Å². The van der Waals surface area contributed by atoms with Crippen LogP contribution in [0.2, 0.25) is 0 Å². The molecule has 0 aliphatic carbocycles. The minimum absolute atomic E-state index is 0.0161. The lowest BCUT2D eigenvalue weighted by molar-refractivity contribution is 0.0503. The van der Waals surface area contributed by atoms with Gasteiger partial charge in [0.2, 0.25) is 0 Å². The van der Waals surface area contributed by atoms with E-state index in [1.807, 2.05) is 45.0 Å². The van der Waals surface area contributed by atoms with E-state index in [2.05, 4.69) is 12.2 Å². The molecule has 1 aliphatic heterocycles. The zero-order valence-corrected chi connectivity index (χ0v) is 19.0. The van der Waals surface area contributed by atoms with Crippen molar-refractivity contribution in [3.05, 3.63) is 58.8 Å². The SMILES string of the molecule is CCCOc1ccc(CNC(=O)c2oc3ccc4c(c3c2C)C(=O)CC(C)(CC)O4)cc1. The molecule has 6 heteroatoms. The summed E-state index contributed by atoms with van der Waals surface area (Å²) in [5.74, 6) is 1.28. The Bertz CT molecular complexity index is 1160. The number of rotatable bonds is 7. The van der Waals surface area contributed by atoms with Gasteiger partial charge in [0, 0.05) is 17.5 Å². The van der Waals surface area contributed by atoms with Crippen LogP contribution >= 0.6 is 0 Å². The smallest absolute Gasteiger partial charge is 0.287 e. The average Bonchev–Trinajstić information content (AvgIpc) is 3.13. The van der Waals surface area contributed by atoms with Crippen LogP contribution in [0.3, 0.4) is 0 Å². The van der Waals surface area contributed by atoms with Gasteiger partial charge in [0.1, 0.15) is 22.7 Å². The van der Waals surface area contributed by atoms with E-state index in [1.54, 1.807) is 12.1 Å². The van der Waals surface area contributed by atoms with Crippen molar-refractivity contribution in [2.45, 2.75) is 59.1 Å². The van der Waals surface area contributed by atoms with Gasteiger partial charge in [-0.15, -0.1) is 0 Å². The highest BCUT2D eigenvalue weighted by Crippen LogP contribution is 2.41. The Morgan fingerprint density at radius 2 is 1.91 bits per heavy atom. The van der Waals surface area contributed by atoms with Gasteiger partial charge in [-0.2, -0.15) is 0 Å². The van der Waals surface area contributed by atoms with Crippen molar-refractivity contribution in [1.29, 1.82) is 0 Å². The minimum Gasteiger partial charge on any atom is -0.494 e. The number of carbonyl (C=O) groups is 2. The first-order valence-electron chi connectivity index (χ1n) is 11.1. The molecule has 4 rings (SSSR count). The molecule has 0 radical (unpaired) electrons. The van der Waals surface area contributed by atoms with E-state index in [1.165, 1.54) is 0 Å². The Hall–Kier alpha value is -3.28. The fraction of sp³-hybridized carbons (Fsp3) is 0.385. The summed E-state index contributed by atoms with van der Waals surface area (Å²) in [6, 6.07) is 11.2. The normalized spacial score (nSPS) is 17.7. The molecule has 32 heavy (non-hydrogen) atoms. The molecule has 0 spiro atoms. The van der Waals surface area contributed by atoms with Crippen LogP contribution in [0.25, 0.3) is 11.0 Å². The van der Waals surface area contributed by atoms with Crippen molar-refractivity contribution in [3.63, 3.8) is 0 Å². The van der Waals surface area contributed by atoms with Crippen LogP contribution in [-0.2, 0) is 6.54 Å². The van der Waals surface area contributed by atoms with Crippen LogP contribution in [0.4, 0.5) is 0 Å². The van der Waals surface area contributed by atoms with Crippen LogP contribution < -0.4 is 14.8 Å². The minimum atomic E-state index is -0.507. The summed E-state index contributed by atoms with van der Waals surface area (Å²) < 4.78 is 17.6. The molecule has 0 fully saturated rings. The summed E-state index contributed by atoms with van der Waals surface area (Å²) in [6.45, 7) is 8.86. The Labute approximate surface area is 187 Å². The van der Waals surface area contributed by atoms with E-state index < -0.39 is 5.60 Å². The zero-order valence-electron chi connectivity index (χ0n) is 19.0. The number of nitrogens with one attached hydrogen (secondary N) is 1. The maximum absolute atomic E-state index is 13.0. The number of carbonyl (C=O) groups excluding carboxylic acids is 2.